The highest BCUT2D eigenvalue weighted by Gasteiger charge is 2.41. The van der Waals surface area contributed by atoms with Crippen LogP contribution in [0, 0.1) is 0 Å². The molecular weight excluding hydrogens is 218 g/mol. The van der Waals surface area contributed by atoms with Crippen LogP contribution >= 0.6 is 0 Å². The van der Waals surface area contributed by atoms with E-state index in [9.17, 15) is 17.6 Å². The molecule has 4 nitrogen and oxygen atoms in total. The zero-order valence-electron chi connectivity index (χ0n) is 7.33. The van der Waals surface area contributed by atoms with Gasteiger partial charge < -0.3 is 10.5 Å². The Balaban J connectivity index is 2.54. The minimum absolute atomic E-state index is 0.0722. The Morgan fingerprint density at radius 1 is 1.33 bits per heavy atom. The fraction of sp³-hybridized carbons (Fsp3) is 0.429. The van der Waals surface area contributed by atoms with Gasteiger partial charge in [0, 0.05) is 6.07 Å². The van der Waals surface area contributed by atoms with E-state index in [1.54, 1.807) is 0 Å². The fourth-order valence-corrected chi connectivity index (χ4v) is 0.640. The zero-order chi connectivity index (χ0) is 11.5. The van der Waals surface area contributed by atoms with Gasteiger partial charge in [-0.25, -0.2) is 8.78 Å². The number of alkyl halides is 4. The Labute approximate surface area is 82.0 Å². The van der Waals surface area contributed by atoms with Crippen molar-refractivity contribution in [2.75, 3.05) is 12.3 Å². The summed E-state index contributed by atoms with van der Waals surface area (Å²) in [6.07, 6.45) is -3.78. The van der Waals surface area contributed by atoms with Gasteiger partial charge in [0.1, 0.15) is 5.82 Å². The summed E-state index contributed by atoms with van der Waals surface area (Å²) in [5, 5.41) is 6.56. The van der Waals surface area contributed by atoms with Gasteiger partial charge in [0.15, 0.2) is 6.61 Å². The molecule has 0 bridgehead atoms. The maximum Gasteiger partial charge on any atom is 0.340 e. The molecule has 0 aromatic carbocycles. The molecule has 0 saturated heterocycles. The third-order valence-corrected chi connectivity index (χ3v) is 1.39. The summed E-state index contributed by atoms with van der Waals surface area (Å²) in [7, 11) is 0. The van der Waals surface area contributed by atoms with Crippen LogP contribution in [-0.4, -0.2) is 29.2 Å². The van der Waals surface area contributed by atoms with Gasteiger partial charge >= 0.3 is 12.3 Å². The maximum absolute atomic E-state index is 12.4. The number of halogens is 4. The summed E-state index contributed by atoms with van der Waals surface area (Å²) in [5.74, 6) is -4.42. The van der Waals surface area contributed by atoms with Crippen molar-refractivity contribution in [3.63, 3.8) is 0 Å². The smallest absolute Gasteiger partial charge is 0.340 e. The molecule has 0 aliphatic heterocycles. The number of hydrogen-bond donors (Lipinski definition) is 1. The fourth-order valence-electron chi connectivity index (χ4n) is 0.640. The molecule has 0 atom stereocenters. The number of rotatable bonds is 4. The van der Waals surface area contributed by atoms with E-state index in [-0.39, 0.29) is 11.7 Å². The zero-order valence-corrected chi connectivity index (χ0v) is 7.33. The minimum atomic E-state index is -4.21. The Bertz CT molecular complexity index is 317. The second-order valence-corrected chi connectivity index (χ2v) is 2.65. The van der Waals surface area contributed by atoms with Crippen LogP contribution in [0.25, 0.3) is 0 Å². The van der Waals surface area contributed by atoms with E-state index in [2.05, 4.69) is 14.9 Å². The van der Waals surface area contributed by atoms with Crippen LogP contribution in [0.1, 0.15) is 0 Å². The molecule has 2 N–H and O–H groups in total. The first-order chi connectivity index (χ1) is 6.92. The third kappa shape index (κ3) is 3.22. The van der Waals surface area contributed by atoms with Crippen molar-refractivity contribution in [2.45, 2.75) is 12.3 Å². The highest BCUT2D eigenvalue weighted by molar-refractivity contribution is 5.27. The van der Waals surface area contributed by atoms with Gasteiger partial charge in [-0.05, 0) is 6.07 Å². The molecule has 84 valence electrons. The van der Waals surface area contributed by atoms with Crippen LogP contribution in [0.15, 0.2) is 12.1 Å². The molecule has 0 radical (unpaired) electrons. The normalized spacial score (nSPS) is 11.8. The number of nitrogens with two attached hydrogens (primary N) is 1. The van der Waals surface area contributed by atoms with Gasteiger partial charge in [0.2, 0.25) is 5.88 Å². The first kappa shape index (κ1) is 11.5. The summed E-state index contributed by atoms with van der Waals surface area (Å²) in [5.41, 5.74) is 5.16. The molecule has 0 unspecified atom stereocenters. The lowest BCUT2D eigenvalue weighted by Gasteiger charge is -2.14. The third-order valence-electron chi connectivity index (χ3n) is 1.39. The van der Waals surface area contributed by atoms with E-state index in [1.807, 2.05) is 0 Å². The lowest BCUT2D eigenvalue weighted by atomic mass is 10.4. The highest BCUT2D eigenvalue weighted by atomic mass is 19.3. The average molecular weight is 225 g/mol. The van der Waals surface area contributed by atoms with E-state index in [0.29, 0.717) is 0 Å². The maximum atomic E-state index is 12.4. The highest BCUT2D eigenvalue weighted by Crippen LogP contribution is 2.23. The molecule has 15 heavy (non-hydrogen) atoms. The molecule has 8 heteroatoms. The van der Waals surface area contributed by atoms with Gasteiger partial charge in [-0.1, -0.05) is 0 Å². The van der Waals surface area contributed by atoms with Crippen LogP contribution in [0.3, 0.4) is 0 Å². The molecule has 0 aliphatic rings. The number of anilines is 1. The molecule has 1 aromatic rings. The lowest BCUT2D eigenvalue weighted by Crippen LogP contribution is -2.33. The number of nitrogens with zero attached hydrogens (tertiary/aromatic N) is 2. The summed E-state index contributed by atoms with van der Waals surface area (Å²) in [4.78, 5) is 0. The van der Waals surface area contributed by atoms with E-state index >= 15 is 0 Å². The first-order valence-electron chi connectivity index (χ1n) is 3.80. The Morgan fingerprint density at radius 2 is 2.00 bits per heavy atom. The Hall–Kier alpha value is -1.60. The van der Waals surface area contributed by atoms with Gasteiger partial charge in [0.05, 0.1) is 0 Å². The van der Waals surface area contributed by atoms with Crippen LogP contribution in [0.5, 0.6) is 5.88 Å². The Kier molecular flexibility index (Phi) is 3.28. The second kappa shape index (κ2) is 4.28. The van der Waals surface area contributed by atoms with Gasteiger partial charge in [0.25, 0.3) is 0 Å². The molecule has 1 aromatic heterocycles. The number of hydrogen-bond acceptors (Lipinski definition) is 4. The predicted octanol–water partition coefficient (Wildman–Crippen LogP) is 1.34. The van der Waals surface area contributed by atoms with Crippen molar-refractivity contribution < 1.29 is 22.3 Å². The van der Waals surface area contributed by atoms with Crippen molar-refractivity contribution in [2.24, 2.45) is 0 Å². The van der Waals surface area contributed by atoms with Gasteiger partial charge in [-0.3, -0.25) is 0 Å². The van der Waals surface area contributed by atoms with Crippen molar-refractivity contribution in [1.82, 2.24) is 10.2 Å². The van der Waals surface area contributed by atoms with Crippen molar-refractivity contribution >= 4 is 5.82 Å². The van der Waals surface area contributed by atoms with Crippen LogP contribution in [0.4, 0.5) is 23.4 Å². The molecular formula is C7H7F4N3O. The van der Waals surface area contributed by atoms with Gasteiger partial charge in [-0.2, -0.15) is 8.78 Å². The lowest BCUT2D eigenvalue weighted by molar-refractivity contribution is -0.148. The number of aromatic nitrogens is 2. The number of nitrogen functional groups attached to an aromatic ring is 1. The van der Waals surface area contributed by atoms with Crippen molar-refractivity contribution in [3.05, 3.63) is 12.1 Å². The molecule has 1 heterocycles. The van der Waals surface area contributed by atoms with Crippen molar-refractivity contribution in [3.8, 4) is 5.88 Å². The van der Waals surface area contributed by atoms with Crippen LogP contribution in [-0.2, 0) is 0 Å². The Morgan fingerprint density at radius 3 is 2.47 bits per heavy atom. The summed E-state index contributed by atoms with van der Waals surface area (Å²) in [6, 6.07) is 2.41. The van der Waals surface area contributed by atoms with Crippen molar-refractivity contribution in [1.29, 1.82) is 0 Å². The van der Waals surface area contributed by atoms with Crippen LogP contribution < -0.4 is 10.5 Å². The molecule has 0 fully saturated rings. The first-order valence-corrected chi connectivity index (χ1v) is 3.80. The standard InChI is InChI=1S/C7H7F4N3O/c8-6(9)7(10,11)3-15-5-2-1-4(12)13-14-5/h1-2,6H,3H2,(H2,12,13). The SMILES string of the molecule is Nc1ccc(OCC(F)(F)C(F)F)nn1. The summed E-state index contributed by atoms with van der Waals surface area (Å²) < 4.78 is 52.4. The number of ether oxygens (including phenoxy) is 1. The molecule has 1 rings (SSSR count). The van der Waals surface area contributed by atoms with E-state index in [0.717, 1.165) is 6.07 Å². The largest absolute Gasteiger partial charge is 0.470 e. The van der Waals surface area contributed by atoms with E-state index < -0.39 is 19.0 Å². The van der Waals surface area contributed by atoms with E-state index in [4.69, 9.17) is 5.73 Å². The summed E-state index contributed by atoms with van der Waals surface area (Å²) >= 11 is 0. The monoisotopic (exact) mass is 225 g/mol. The van der Waals surface area contributed by atoms with Gasteiger partial charge in [-0.15, -0.1) is 10.2 Å². The minimum Gasteiger partial charge on any atom is -0.470 e. The summed E-state index contributed by atoms with van der Waals surface area (Å²) in [6.45, 7) is -1.46. The van der Waals surface area contributed by atoms with Crippen LogP contribution in [0.2, 0.25) is 0 Å². The predicted molar refractivity (Wildman–Crippen MR) is 42.9 cm³/mol. The molecule has 0 saturated carbocycles. The van der Waals surface area contributed by atoms with E-state index in [1.165, 1.54) is 6.07 Å². The average Bonchev–Trinajstić information content (AvgIpc) is 2.17. The molecule has 0 aliphatic carbocycles. The molecule has 0 spiro atoms. The molecule has 0 amide bonds. The second-order valence-electron chi connectivity index (χ2n) is 2.65. The topological polar surface area (TPSA) is 61.0 Å². The quantitative estimate of drug-likeness (QED) is 0.785.